The van der Waals surface area contributed by atoms with Crippen LogP contribution in [-0.2, 0) is 0 Å². The Bertz CT molecular complexity index is 392. The number of hydrogen-bond acceptors (Lipinski definition) is 1. The molecular formula is C13H18ClNO2. The van der Waals surface area contributed by atoms with Crippen molar-refractivity contribution >= 4 is 17.6 Å². The number of hydrogen-bond donors (Lipinski definition) is 1. The molecule has 17 heavy (non-hydrogen) atoms. The molecule has 94 valence electrons. The van der Waals surface area contributed by atoms with Gasteiger partial charge in [-0.1, -0.05) is 43.7 Å². The molecule has 4 heteroatoms. The van der Waals surface area contributed by atoms with Gasteiger partial charge in [-0.05, 0) is 18.9 Å². The van der Waals surface area contributed by atoms with Gasteiger partial charge in [0, 0.05) is 12.2 Å². The first kappa shape index (κ1) is 12.5. The zero-order valence-corrected chi connectivity index (χ0v) is 10.6. The lowest BCUT2D eigenvalue weighted by molar-refractivity contribution is 0.0681. The molecule has 1 N–H and O–H groups in total. The van der Waals surface area contributed by atoms with Crippen molar-refractivity contribution in [2.24, 2.45) is 0 Å². The number of nitrogens with zero attached hydrogens (tertiary/aromatic N) is 1. The standard InChI is InChI=1S/C13H18ClNO2/c14-10-8-12(13(16)17)15(9-10)11-6-4-2-1-3-5-7-11/h8-9,11H,1-7H2,(H,16,17). The molecule has 0 spiro atoms. The Hall–Kier alpha value is -0.960. The predicted octanol–water partition coefficient (Wildman–Crippen LogP) is 4.13. The SMILES string of the molecule is O=C(O)c1cc(Cl)cn1C1CCCCCCC1. The summed E-state index contributed by atoms with van der Waals surface area (Å²) in [5.41, 5.74) is 0.320. The molecule has 1 fully saturated rings. The van der Waals surface area contributed by atoms with E-state index in [0.717, 1.165) is 12.8 Å². The molecule has 1 aliphatic rings. The number of aromatic carboxylic acids is 1. The van der Waals surface area contributed by atoms with Crippen LogP contribution >= 0.6 is 11.6 Å². The van der Waals surface area contributed by atoms with Crippen LogP contribution in [0.15, 0.2) is 12.3 Å². The highest BCUT2D eigenvalue weighted by Crippen LogP contribution is 2.29. The zero-order valence-electron chi connectivity index (χ0n) is 9.86. The minimum atomic E-state index is -0.890. The quantitative estimate of drug-likeness (QED) is 0.864. The Morgan fingerprint density at radius 2 is 1.82 bits per heavy atom. The predicted molar refractivity (Wildman–Crippen MR) is 67.8 cm³/mol. The van der Waals surface area contributed by atoms with Gasteiger partial charge in [0.2, 0.25) is 0 Å². The maximum absolute atomic E-state index is 11.2. The lowest BCUT2D eigenvalue weighted by Gasteiger charge is -2.22. The maximum atomic E-state index is 11.2. The van der Waals surface area contributed by atoms with Crippen LogP contribution in [0.25, 0.3) is 0 Å². The average Bonchev–Trinajstić information content (AvgIpc) is 2.60. The fourth-order valence-electron chi connectivity index (χ4n) is 2.63. The van der Waals surface area contributed by atoms with E-state index in [1.165, 1.54) is 32.1 Å². The summed E-state index contributed by atoms with van der Waals surface area (Å²) in [7, 11) is 0. The molecule has 1 saturated carbocycles. The lowest BCUT2D eigenvalue weighted by Crippen LogP contribution is -2.15. The molecule has 2 rings (SSSR count). The zero-order chi connectivity index (χ0) is 12.3. The Balaban J connectivity index is 2.21. The van der Waals surface area contributed by atoms with E-state index >= 15 is 0 Å². The summed E-state index contributed by atoms with van der Waals surface area (Å²) in [6, 6.07) is 1.84. The lowest BCUT2D eigenvalue weighted by atomic mass is 9.96. The van der Waals surface area contributed by atoms with Gasteiger partial charge in [0.1, 0.15) is 5.69 Å². The topological polar surface area (TPSA) is 42.2 Å². The Morgan fingerprint density at radius 3 is 2.41 bits per heavy atom. The molecule has 0 aromatic carbocycles. The van der Waals surface area contributed by atoms with Gasteiger partial charge in [0.25, 0.3) is 0 Å². The fourth-order valence-corrected chi connectivity index (χ4v) is 2.84. The largest absolute Gasteiger partial charge is 0.477 e. The maximum Gasteiger partial charge on any atom is 0.352 e. The summed E-state index contributed by atoms with van der Waals surface area (Å²) >= 11 is 5.92. The van der Waals surface area contributed by atoms with Crippen LogP contribution in [0.4, 0.5) is 0 Å². The first-order valence-electron chi connectivity index (χ1n) is 6.29. The van der Waals surface area contributed by atoms with Gasteiger partial charge in [0.05, 0.1) is 5.02 Å². The normalized spacial score (nSPS) is 18.6. The minimum Gasteiger partial charge on any atom is -0.477 e. The van der Waals surface area contributed by atoms with Gasteiger partial charge < -0.3 is 9.67 Å². The van der Waals surface area contributed by atoms with Crippen LogP contribution in [0, 0.1) is 0 Å². The van der Waals surface area contributed by atoms with Crippen molar-refractivity contribution in [1.29, 1.82) is 0 Å². The van der Waals surface area contributed by atoms with Crippen LogP contribution in [0.2, 0.25) is 5.02 Å². The van der Waals surface area contributed by atoms with E-state index in [4.69, 9.17) is 16.7 Å². The number of carboxylic acids is 1. The van der Waals surface area contributed by atoms with E-state index in [2.05, 4.69) is 0 Å². The van der Waals surface area contributed by atoms with Gasteiger partial charge in [-0.15, -0.1) is 0 Å². The second-order valence-corrected chi connectivity index (χ2v) is 5.19. The van der Waals surface area contributed by atoms with Crippen LogP contribution in [-0.4, -0.2) is 15.6 Å². The van der Waals surface area contributed by atoms with E-state index in [0.29, 0.717) is 16.8 Å². The Labute approximate surface area is 106 Å². The molecule has 0 atom stereocenters. The van der Waals surface area contributed by atoms with Crippen LogP contribution in [0.1, 0.15) is 61.5 Å². The third kappa shape index (κ3) is 3.03. The Kier molecular flexibility index (Phi) is 4.11. The summed E-state index contributed by atoms with van der Waals surface area (Å²) in [4.78, 5) is 11.2. The van der Waals surface area contributed by atoms with Gasteiger partial charge in [-0.2, -0.15) is 0 Å². The van der Waals surface area contributed by atoms with Crippen LogP contribution in [0.3, 0.4) is 0 Å². The smallest absolute Gasteiger partial charge is 0.352 e. The molecule has 0 unspecified atom stereocenters. The van der Waals surface area contributed by atoms with Crippen LogP contribution in [0.5, 0.6) is 0 Å². The van der Waals surface area contributed by atoms with E-state index < -0.39 is 5.97 Å². The summed E-state index contributed by atoms with van der Waals surface area (Å²) in [6.07, 6.45) is 10.1. The van der Waals surface area contributed by atoms with E-state index in [1.807, 2.05) is 4.57 Å². The van der Waals surface area contributed by atoms with Gasteiger partial charge >= 0.3 is 5.97 Å². The highest BCUT2D eigenvalue weighted by molar-refractivity contribution is 6.30. The molecule has 1 heterocycles. The molecule has 0 radical (unpaired) electrons. The van der Waals surface area contributed by atoms with Gasteiger partial charge in [0.15, 0.2) is 0 Å². The van der Waals surface area contributed by atoms with E-state index in [1.54, 1.807) is 12.3 Å². The third-order valence-corrected chi connectivity index (χ3v) is 3.71. The number of carbonyl (C=O) groups is 1. The first-order chi connectivity index (χ1) is 8.18. The van der Waals surface area contributed by atoms with Crippen molar-refractivity contribution in [2.45, 2.75) is 51.0 Å². The molecule has 0 saturated heterocycles. The van der Waals surface area contributed by atoms with Gasteiger partial charge in [-0.25, -0.2) is 4.79 Å². The summed E-state index contributed by atoms with van der Waals surface area (Å²) in [5, 5.41) is 9.67. The first-order valence-corrected chi connectivity index (χ1v) is 6.67. The number of halogens is 1. The van der Waals surface area contributed by atoms with Crippen molar-refractivity contribution in [2.75, 3.05) is 0 Å². The Morgan fingerprint density at radius 1 is 1.24 bits per heavy atom. The summed E-state index contributed by atoms with van der Waals surface area (Å²) < 4.78 is 1.86. The number of carboxylic acid groups (broad SMARTS) is 1. The van der Waals surface area contributed by atoms with E-state index in [-0.39, 0.29) is 0 Å². The molecule has 1 aromatic heterocycles. The highest BCUT2D eigenvalue weighted by atomic mass is 35.5. The van der Waals surface area contributed by atoms with Crippen molar-refractivity contribution in [1.82, 2.24) is 4.57 Å². The highest BCUT2D eigenvalue weighted by Gasteiger charge is 2.19. The summed E-state index contributed by atoms with van der Waals surface area (Å²) in [5.74, 6) is -0.890. The molecule has 1 aromatic rings. The van der Waals surface area contributed by atoms with Gasteiger partial charge in [-0.3, -0.25) is 0 Å². The number of aromatic nitrogens is 1. The van der Waals surface area contributed by atoms with E-state index in [9.17, 15) is 4.79 Å². The minimum absolute atomic E-state index is 0.300. The monoisotopic (exact) mass is 255 g/mol. The van der Waals surface area contributed by atoms with Crippen molar-refractivity contribution in [3.05, 3.63) is 23.0 Å². The molecular weight excluding hydrogens is 238 g/mol. The molecule has 0 aliphatic heterocycles. The molecule has 1 aliphatic carbocycles. The fraction of sp³-hybridized carbons (Fsp3) is 0.615. The third-order valence-electron chi connectivity index (χ3n) is 3.50. The molecule has 0 amide bonds. The summed E-state index contributed by atoms with van der Waals surface area (Å²) in [6.45, 7) is 0. The number of rotatable bonds is 2. The average molecular weight is 256 g/mol. The van der Waals surface area contributed by atoms with Crippen molar-refractivity contribution in [3.8, 4) is 0 Å². The van der Waals surface area contributed by atoms with Crippen LogP contribution < -0.4 is 0 Å². The molecule has 3 nitrogen and oxygen atoms in total. The second kappa shape index (κ2) is 5.58. The second-order valence-electron chi connectivity index (χ2n) is 4.75. The van der Waals surface area contributed by atoms with Crippen molar-refractivity contribution in [3.63, 3.8) is 0 Å². The van der Waals surface area contributed by atoms with Crippen molar-refractivity contribution < 1.29 is 9.90 Å². The molecule has 0 bridgehead atoms.